The summed E-state index contributed by atoms with van der Waals surface area (Å²) >= 11 is 0. The summed E-state index contributed by atoms with van der Waals surface area (Å²) in [5.74, 6) is -1.27. The lowest BCUT2D eigenvalue weighted by atomic mass is 10.1. The molecule has 0 radical (unpaired) electrons. The monoisotopic (exact) mass is 405 g/mol. The Morgan fingerprint density at radius 1 is 1.07 bits per heavy atom. The van der Waals surface area contributed by atoms with Gasteiger partial charge in [-0.1, -0.05) is 6.07 Å². The second-order valence-electron chi connectivity index (χ2n) is 6.42. The Bertz CT molecular complexity index is 1200. The Hall–Kier alpha value is -4.27. The molecule has 9 heteroatoms. The maximum atomic E-state index is 14.4. The number of aryl methyl sites for hydroxylation is 1. The highest BCUT2D eigenvalue weighted by Crippen LogP contribution is 2.21. The first-order chi connectivity index (χ1) is 14.5. The molecule has 2 heterocycles. The third-order valence-electron chi connectivity index (χ3n) is 4.36. The van der Waals surface area contributed by atoms with Gasteiger partial charge in [-0.25, -0.2) is 14.1 Å². The van der Waals surface area contributed by atoms with Crippen molar-refractivity contribution in [3.63, 3.8) is 0 Å². The molecule has 150 valence electrons. The van der Waals surface area contributed by atoms with Gasteiger partial charge in [-0.3, -0.25) is 9.59 Å². The Balaban J connectivity index is 1.51. The second kappa shape index (κ2) is 8.00. The number of rotatable bonds is 5. The molecule has 0 spiro atoms. The molecule has 30 heavy (non-hydrogen) atoms. The van der Waals surface area contributed by atoms with Crippen LogP contribution in [0.2, 0.25) is 0 Å². The van der Waals surface area contributed by atoms with E-state index in [4.69, 9.17) is 4.42 Å². The van der Waals surface area contributed by atoms with Crippen molar-refractivity contribution in [3.8, 4) is 5.69 Å². The Labute approximate surface area is 170 Å². The van der Waals surface area contributed by atoms with Crippen LogP contribution >= 0.6 is 0 Å². The molecule has 0 fully saturated rings. The van der Waals surface area contributed by atoms with E-state index in [9.17, 15) is 14.0 Å². The third kappa shape index (κ3) is 3.95. The molecule has 8 nitrogen and oxygen atoms in total. The molecule has 2 aromatic carbocycles. The fourth-order valence-corrected chi connectivity index (χ4v) is 2.80. The molecule has 0 saturated heterocycles. The van der Waals surface area contributed by atoms with Gasteiger partial charge in [0.1, 0.15) is 18.3 Å². The van der Waals surface area contributed by atoms with Gasteiger partial charge in [0.25, 0.3) is 11.8 Å². The van der Waals surface area contributed by atoms with Crippen molar-refractivity contribution in [3.05, 3.63) is 90.2 Å². The fraction of sp³-hybridized carbons (Fsp3) is 0.0476. The number of furan rings is 1. The zero-order valence-electron chi connectivity index (χ0n) is 15.8. The first kappa shape index (κ1) is 19.1. The van der Waals surface area contributed by atoms with E-state index in [-0.39, 0.29) is 17.1 Å². The summed E-state index contributed by atoms with van der Waals surface area (Å²) in [6.45, 7) is 1.80. The molecule has 2 aromatic heterocycles. The lowest BCUT2D eigenvalue weighted by Crippen LogP contribution is -2.15. The number of benzene rings is 2. The molecule has 2 N–H and O–H groups in total. The Kier molecular flexibility index (Phi) is 5.08. The summed E-state index contributed by atoms with van der Waals surface area (Å²) in [7, 11) is 0. The minimum atomic E-state index is -0.561. The van der Waals surface area contributed by atoms with Gasteiger partial charge in [0, 0.05) is 16.9 Å². The van der Waals surface area contributed by atoms with Crippen LogP contribution in [0.5, 0.6) is 0 Å². The van der Waals surface area contributed by atoms with Gasteiger partial charge in [-0.05, 0) is 55.0 Å². The zero-order valence-corrected chi connectivity index (χ0v) is 15.8. The quantitative estimate of drug-likeness (QED) is 0.526. The van der Waals surface area contributed by atoms with Crippen molar-refractivity contribution in [2.45, 2.75) is 6.92 Å². The van der Waals surface area contributed by atoms with Crippen molar-refractivity contribution in [1.82, 2.24) is 14.8 Å². The number of nitrogens with zero attached hydrogens (tertiary/aromatic N) is 3. The van der Waals surface area contributed by atoms with E-state index in [1.165, 1.54) is 35.7 Å². The molecule has 0 aliphatic rings. The van der Waals surface area contributed by atoms with E-state index in [0.29, 0.717) is 11.3 Å². The van der Waals surface area contributed by atoms with Gasteiger partial charge in [0.15, 0.2) is 11.6 Å². The lowest BCUT2D eigenvalue weighted by molar-refractivity contribution is 0.0993. The minimum Gasteiger partial charge on any atom is -0.459 e. The highest BCUT2D eigenvalue weighted by atomic mass is 19.1. The molecule has 0 aliphatic heterocycles. The average Bonchev–Trinajstić information content (AvgIpc) is 3.44. The Morgan fingerprint density at radius 2 is 1.93 bits per heavy atom. The van der Waals surface area contributed by atoms with Gasteiger partial charge in [0.2, 0.25) is 0 Å². The fourth-order valence-electron chi connectivity index (χ4n) is 2.80. The summed E-state index contributed by atoms with van der Waals surface area (Å²) in [5.41, 5.74) is 2.04. The summed E-state index contributed by atoms with van der Waals surface area (Å²) in [6.07, 6.45) is 4.08. The SMILES string of the molecule is Cc1ccc(C(=O)Nc2ccc(-n3cncn3)c(F)c2)cc1NC(=O)c1ccco1. The largest absolute Gasteiger partial charge is 0.459 e. The van der Waals surface area contributed by atoms with Crippen LogP contribution in [0.3, 0.4) is 0 Å². The highest BCUT2D eigenvalue weighted by molar-refractivity contribution is 6.07. The molecule has 0 unspecified atom stereocenters. The molecule has 4 rings (SSSR count). The predicted octanol–water partition coefficient (Wildman–Crippen LogP) is 3.81. The van der Waals surface area contributed by atoms with Gasteiger partial charge in [-0.2, -0.15) is 5.10 Å². The van der Waals surface area contributed by atoms with Crippen molar-refractivity contribution in [2.24, 2.45) is 0 Å². The van der Waals surface area contributed by atoms with Crippen LogP contribution in [0.4, 0.5) is 15.8 Å². The maximum Gasteiger partial charge on any atom is 0.291 e. The number of anilines is 2. The van der Waals surface area contributed by atoms with E-state index in [1.54, 1.807) is 43.3 Å². The first-order valence-electron chi connectivity index (χ1n) is 8.92. The topological polar surface area (TPSA) is 102 Å². The number of hydrogen-bond acceptors (Lipinski definition) is 5. The lowest BCUT2D eigenvalue weighted by Gasteiger charge is -2.11. The van der Waals surface area contributed by atoms with Crippen LogP contribution in [0.15, 0.2) is 71.9 Å². The van der Waals surface area contributed by atoms with E-state index in [0.717, 1.165) is 5.56 Å². The minimum absolute atomic E-state index is 0.159. The van der Waals surface area contributed by atoms with Crippen LogP contribution in [0.25, 0.3) is 5.69 Å². The predicted molar refractivity (Wildman–Crippen MR) is 107 cm³/mol. The smallest absolute Gasteiger partial charge is 0.291 e. The summed E-state index contributed by atoms with van der Waals surface area (Å²) in [4.78, 5) is 28.6. The first-order valence-corrected chi connectivity index (χ1v) is 8.92. The second-order valence-corrected chi connectivity index (χ2v) is 6.42. The molecule has 0 bridgehead atoms. The van der Waals surface area contributed by atoms with Crippen molar-refractivity contribution >= 4 is 23.2 Å². The van der Waals surface area contributed by atoms with E-state index in [1.807, 2.05) is 0 Å². The van der Waals surface area contributed by atoms with Crippen LogP contribution < -0.4 is 10.6 Å². The third-order valence-corrected chi connectivity index (χ3v) is 4.36. The molecule has 2 amide bonds. The zero-order chi connectivity index (χ0) is 21.1. The number of hydrogen-bond donors (Lipinski definition) is 2. The summed E-state index contributed by atoms with van der Waals surface area (Å²) in [6, 6.07) is 12.3. The van der Waals surface area contributed by atoms with Gasteiger partial charge in [-0.15, -0.1) is 0 Å². The number of carbonyl (C=O) groups is 2. The number of nitrogens with one attached hydrogen (secondary N) is 2. The standard InChI is InChI=1S/C21H16FN5O3/c1-13-4-5-14(9-17(13)26-21(29)19-3-2-8-30-19)20(28)25-15-6-7-18(16(22)10-15)27-12-23-11-24-27/h2-12H,1H3,(H,25,28)(H,26,29). The normalized spacial score (nSPS) is 10.6. The molecule has 0 atom stereocenters. The van der Waals surface area contributed by atoms with Crippen molar-refractivity contribution in [1.29, 1.82) is 0 Å². The Morgan fingerprint density at radius 3 is 2.63 bits per heavy atom. The molecule has 0 saturated carbocycles. The van der Waals surface area contributed by atoms with E-state index < -0.39 is 17.6 Å². The van der Waals surface area contributed by atoms with Crippen LogP contribution in [-0.4, -0.2) is 26.6 Å². The molecular weight excluding hydrogens is 389 g/mol. The summed E-state index contributed by atoms with van der Waals surface area (Å²) in [5, 5.41) is 9.24. The number of carbonyl (C=O) groups excluding carboxylic acids is 2. The van der Waals surface area contributed by atoms with E-state index in [2.05, 4.69) is 20.7 Å². The summed E-state index contributed by atoms with van der Waals surface area (Å²) < 4.78 is 20.7. The van der Waals surface area contributed by atoms with Gasteiger partial charge in [0.05, 0.1) is 6.26 Å². The van der Waals surface area contributed by atoms with E-state index >= 15 is 0 Å². The van der Waals surface area contributed by atoms with Crippen LogP contribution in [0.1, 0.15) is 26.5 Å². The average molecular weight is 405 g/mol. The molecule has 4 aromatic rings. The van der Waals surface area contributed by atoms with Gasteiger partial charge < -0.3 is 15.1 Å². The molecule has 0 aliphatic carbocycles. The maximum absolute atomic E-state index is 14.4. The van der Waals surface area contributed by atoms with Crippen molar-refractivity contribution < 1.29 is 18.4 Å². The van der Waals surface area contributed by atoms with Crippen LogP contribution in [-0.2, 0) is 0 Å². The van der Waals surface area contributed by atoms with Crippen LogP contribution in [0, 0.1) is 12.7 Å². The van der Waals surface area contributed by atoms with Gasteiger partial charge >= 0.3 is 0 Å². The number of aromatic nitrogens is 3. The highest BCUT2D eigenvalue weighted by Gasteiger charge is 2.14. The number of halogens is 1. The van der Waals surface area contributed by atoms with Crippen molar-refractivity contribution in [2.75, 3.05) is 10.6 Å². The molecular formula is C21H16FN5O3. The number of amides is 2.